The predicted molar refractivity (Wildman–Crippen MR) is 116 cm³/mol. The molecule has 6 heteroatoms. The van der Waals surface area contributed by atoms with E-state index in [4.69, 9.17) is 9.47 Å². The number of hydrogen-bond acceptors (Lipinski definition) is 4. The Balaban J connectivity index is 1.78. The molecule has 0 aromatic heterocycles. The number of carbonyl (C=O) groups is 2. The van der Waals surface area contributed by atoms with Crippen LogP contribution in [-0.2, 0) is 20.7 Å². The van der Waals surface area contributed by atoms with Gasteiger partial charge in [0.2, 0.25) is 11.8 Å². The third-order valence-electron chi connectivity index (χ3n) is 5.60. The summed E-state index contributed by atoms with van der Waals surface area (Å²) in [6.07, 6.45) is 2.00. The first-order valence-electron chi connectivity index (χ1n) is 10.4. The SMILES string of the molecule is COc1ccccc1-c1cccc(CC2(C(=O)NCCNC(C)=O)CCOCC2)c1. The van der Waals surface area contributed by atoms with Crippen LogP contribution in [0.25, 0.3) is 11.1 Å². The Bertz CT molecular complexity index is 875. The zero-order chi connectivity index (χ0) is 21.4. The van der Waals surface area contributed by atoms with Crippen LogP contribution in [0, 0.1) is 5.41 Å². The van der Waals surface area contributed by atoms with Gasteiger partial charge in [0.1, 0.15) is 5.75 Å². The van der Waals surface area contributed by atoms with Crippen LogP contribution in [0.4, 0.5) is 0 Å². The maximum atomic E-state index is 13.1. The van der Waals surface area contributed by atoms with Crippen molar-refractivity contribution in [1.29, 1.82) is 0 Å². The van der Waals surface area contributed by atoms with Crippen molar-refractivity contribution in [2.75, 3.05) is 33.4 Å². The molecule has 1 saturated heterocycles. The molecule has 2 amide bonds. The van der Waals surface area contributed by atoms with Gasteiger partial charge in [0.15, 0.2) is 0 Å². The molecule has 1 aliphatic heterocycles. The summed E-state index contributed by atoms with van der Waals surface area (Å²) in [5.74, 6) is 0.753. The van der Waals surface area contributed by atoms with Crippen molar-refractivity contribution in [3.05, 3.63) is 54.1 Å². The Morgan fingerprint density at radius 3 is 2.50 bits per heavy atom. The average molecular weight is 411 g/mol. The summed E-state index contributed by atoms with van der Waals surface area (Å²) >= 11 is 0. The number of ether oxygens (including phenoxy) is 2. The highest BCUT2D eigenvalue weighted by atomic mass is 16.5. The van der Waals surface area contributed by atoms with Crippen LogP contribution in [0.3, 0.4) is 0 Å². The van der Waals surface area contributed by atoms with Crippen molar-refractivity contribution in [1.82, 2.24) is 10.6 Å². The van der Waals surface area contributed by atoms with Crippen molar-refractivity contribution in [2.45, 2.75) is 26.2 Å². The second kappa shape index (κ2) is 10.3. The van der Waals surface area contributed by atoms with Gasteiger partial charge in [0.25, 0.3) is 0 Å². The van der Waals surface area contributed by atoms with Crippen LogP contribution in [0.1, 0.15) is 25.3 Å². The number of nitrogens with one attached hydrogen (secondary N) is 2. The van der Waals surface area contributed by atoms with Crippen LogP contribution in [0.5, 0.6) is 5.75 Å². The highest BCUT2D eigenvalue weighted by Crippen LogP contribution is 2.36. The average Bonchev–Trinajstić information content (AvgIpc) is 2.77. The summed E-state index contributed by atoms with van der Waals surface area (Å²) < 4.78 is 11.0. The topological polar surface area (TPSA) is 76.7 Å². The molecule has 1 heterocycles. The van der Waals surface area contributed by atoms with Gasteiger partial charge in [-0.15, -0.1) is 0 Å². The first-order chi connectivity index (χ1) is 14.5. The van der Waals surface area contributed by atoms with E-state index in [1.807, 2.05) is 30.3 Å². The van der Waals surface area contributed by atoms with Gasteiger partial charge in [-0.2, -0.15) is 0 Å². The smallest absolute Gasteiger partial charge is 0.226 e. The number of hydrogen-bond donors (Lipinski definition) is 2. The van der Waals surface area contributed by atoms with Gasteiger partial charge in [-0.25, -0.2) is 0 Å². The molecular weight excluding hydrogens is 380 g/mol. The quantitative estimate of drug-likeness (QED) is 0.656. The van der Waals surface area contributed by atoms with Gasteiger partial charge in [-0.05, 0) is 36.5 Å². The zero-order valence-corrected chi connectivity index (χ0v) is 17.7. The maximum absolute atomic E-state index is 13.1. The number of carbonyl (C=O) groups excluding carboxylic acids is 2. The molecule has 0 bridgehead atoms. The van der Waals surface area contributed by atoms with E-state index >= 15 is 0 Å². The molecule has 6 nitrogen and oxygen atoms in total. The lowest BCUT2D eigenvalue weighted by molar-refractivity contribution is -0.136. The predicted octanol–water partition coefficient (Wildman–Crippen LogP) is 2.95. The van der Waals surface area contributed by atoms with E-state index in [1.165, 1.54) is 6.92 Å². The summed E-state index contributed by atoms with van der Waals surface area (Å²) in [5, 5.41) is 5.72. The minimum Gasteiger partial charge on any atom is -0.496 e. The molecule has 0 atom stereocenters. The van der Waals surface area contributed by atoms with E-state index in [0.29, 0.717) is 45.6 Å². The lowest BCUT2D eigenvalue weighted by Gasteiger charge is -2.36. The largest absolute Gasteiger partial charge is 0.496 e. The molecule has 0 unspecified atom stereocenters. The molecule has 1 aliphatic rings. The Morgan fingerprint density at radius 2 is 1.77 bits per heavy atom. The van der Waals surface area contributed by atoms with Crippen molar-refractivity contribution < 1.29 is 19.1 Å². The van der Waals surface area contributed by atoms with Gasteiger partial charge in [0, 0.05) is 38.8 Å². The fourth-order valence-corrected chi connectivity index (χ4v) is 3.97. The fourth-order valence-electron chi connectivity index (χ4n) is 3.97. The minimum absolute atomic E-state index is 0.0267. The van der Waals surface area contributed by atoms with E-state index in [9.17, 15) is 9.59 Å². The maximum Gasteiger partial charge on any atom is 0.226 e. The van der Waals surface area contributed by atoms with Gasteiger partial charge in [-0.3, -0.25) is 9.59 Å². The third kappa shape index (κ3) is 5.39. The van der Waals surface area contributed by atoms with Crippen molar-refractivity contribution in [3.63, 3.8) is 0 Å². The standard InChI is InChI=1S/C24H30N2O4/c1-18(27)25-12-13-26-23(28)24(10-14-30-15-11-24)17-19-6-5-7-20(16-19)21-8-3-4-9-22(21)29-2/h3-9,16H,10-15,17H2,1-2H3,(H,25,27)(H,26,28). The summed E-state index contributed by atoms with van der Waals surface area (Å²) in [4.78, 5) is 24.2. The molecular formula is C24H30N2O4. The summed E-state index contributed by atoms with van der Waals surface area (Å²) in [5.41, 5.74) is 2.70. The third-order valence-corrected chi connectivity index (χ3v) is 5.60. The number of methoxy groups -OCH3 is 1. The highest BCUT2D eigenvalue weighted by Gasteiger charge is 2.39. The zero-order valence-electron chi connectivity index (χ0n) is 17.7. The first kappa shape index (κ1) is 21.8. The van der Waals surface area contributed by atoms with Crippen molar-refractivity contribution >= 4 is 11.8 Å². The van der Waals surface area contributed by atoms with Gasteiger partial charge in [-0.1, -0.05) is 42.5 Å². The molecule has 0 aliphatic carbocycles. The second-order valence-corrected chi connectivity index (χ2v) is 7.71. The van der Waals surface area contributed by atoms with Gasteiger partial charge < -0.3 is 20.1 Å². The number of para-hydroxylation sites is 1. The van der Waals surface area contributed by atoms with Gasteiger partial charge in [0.05, 0.1) is 12.5 Å². The van der Waals surface area contributed by atoms with Crippen LogP contribution in [-0.4, -0.2) is 45.2 Å². The molecule has 1 fully saturated rings. The normalized spacial score (nSPS) is 15.3. The molecule has 30 heavy (non-hydrogen) atoms. The monoisotopic (exact) mass is 410 g/mol. The van der Waals surface area contributed by atoms with E-state index < -0.39 is 5.41 Å². The van der Waals surface area contributed by atoms with Crippen LogP contribution < -0.4 is 15.4 Å². The molecule has 0 spiro atoms. The Kier molecular flexibility index (Phi) is 7.46. The van der Waals surface area contributed by atoms with E-state index in [2.05, 4.69) is 28.8 Å². The minimum atomic E-state index is -0.506. The lowest BCUT2D eigenvalue weighted by Crippen LogP contribution is -2.47. The molecule has 3 rings (SSSR count). The Labute approximate surface area is 178 Å². The van der Waals surface area contributed by atoms with Crippen molar-refractivity contribution in [3.8, 4) is 16.9 Å². The molecule has 2 N–H and O–H groups in total. The van der Waals surface area contributed by atoms with Crippen LogP contribution >= 0.6 is 0 Å². The van der Waals surface area contributed by atoms with Gasteiger partial charge >= 0.3 is 0 Å². The van der Waals surface area contributed by atoms with E-state index in [-0.39, 0.29) is 11.8 Å². The van der Waals surface area contributed by atoms with Crippen molar-refractivity contribution in [2.24, 2.45) is 5.41 Å². The summed E-state index contributed by atoms with van der Waals surface area (Å²) in [6.45, 7) is 3.46. The lowest BCUT2D eigenvalue weighted by atomic mass is 9.74. The molecule has 2 aromatic carbocycles. The highest BCUT2D eigenvalue weighted by molar-refractivity contribution is 5.83. The Morgan fingerprint density at radius 1 is 1.03 bits per heavy atom. The van der Waals surface area contributed by atoms with E-state index in [0.717, 1.165) is 22.4 Å². The molecule has 2 aromatic rings. The number of amides is 2. The van der Waals surface area contributed by atoms with Crippen LogP contribution in [0.15, 0.2) is 48.5 Å². The summed E-state index contributed by atoms with van der Waals surface area (Å²) in [6, 6.07) is 16.2. The second-order valence-electron chi connectivity index (χ2n) is 7.71. The van der Waals surface area contributed by atoms with Crippen LogP contribution in [0.2, 0.25) is 0 Å². The fraction of sp³-hybridized carbons (Fsp3) is 0.417. The molecule has 0 saturated carbocycles. The van der Waals surface area contributed by atoms with E-state index in [1.54, 1.807) is 7.11 Å². The number of rotatable bonds is 8. The number of benzene rings is 2. The molecule has 0 radical (unpaired) electrons. The first-order valence-corrected chi connectivity index (χ1v) is 10.4. The molecule has 160 valence electrons. The summed E-state index contributed by atoms with van der Waals surface area (Å²) in [7, 11) is 1.67. The Hall–Kier alpha value is -2.86.